The van der Waals surface area contributed by atoms with E-state index in [1.807, 2.05) is 63.3 Å². The molecule has 1 aromatic carbocycles. The number of hydrogen-bond acceptors (Lipinski definition) is 8. The first-order valence-corrected chi connectivity index (χ1v) is 8.92. The van der Waals surface area contributed by atoms with Crippen LogP contribution in [0, 0.1) is 11.3 Å². The van der Waals surface area contributed by atoms with Gasteiger partial charge in [0.25, 0.3) is 5.88 Å². The lowest BCUT2D eigenvalue weighted by atomic mass is 10.1. The maximum absolute atomic E-state index is 9.28. The molecule has 0 saturated heterocycles. The van der Waals surface area contributed by atoms with Crippen LogP contribution in [-0.2, 0) is 0 Å². The van der Waals surface area contributed by atoms with Crippen LogP contribution in [0.4, 0.5) is 17.3 Å². The second-order valence-electron chi connectivity index (χ2n) is 6.68. The third-order valence-corrected chi connectivity index (χ3v) is 4.07. The summed E-state index contributed by atoms with van der Waals surface area (Å²) < 4.78 is 5.82. The summed E-state index contributed by atoms with van der Waals surface area (Å²) in [4.78, 5) is 15.0. The molecule has 144 valence electrons. The van der Waals surface area contributed by atoms with E-state index in [9.17, 15) is 5.26 Å². The van der Waals surface area contributed by atoms with E-state index in [1.54, 1.807) is 6.20 Å². The number of aromatic nitrogens is 3. The average molecular weight is 377 g/mol. The summed E-state index contributed by atoms with van der Waals surface area (Å²) in [6, 6.07) is 9.96. The van der Waals surface area contributed by atoms with E-state index in [2.05, 4.69) is 25.6 Å². The topological polar surface area (TPSA) is 99.0 Å². The minimum absolute atomic E-state index is 0.134. The Hall–Kier alpha value is -3.44. The third kappa shape index (κ3) is 4.45. The summed E-state index contributed by atoms with van der Waals surface area (Å²) in [5.74, 6) is 1.30. The molecule has 28 heavy (non-hydrogen) atoms. The van der Waals surface area contributed by atoms with Crippen LogP contribution >= 0.6 is 0 Å². The number of nitriles is 1. The number of hydrogen-bond donors (Lipinski definition) is 2. The first-order valence-electron chi connectivity index (χ1n) is 8.92. The Bertz CT molecular complexity index is 1010. The van der Waals surface area contributed by atoms with Gasteiger partial charge in [0.05, 0.1) is 6.20 Å². The third-order valence-electron chi connectivity index (χ3n) is 4.07. The van der Waals surface area contributed by atoms with Gasteiger partial charge >= 0.3 is 0 Å². The molecule has 0 aliphatic rings. The molecule has 0 fully saturated rings. The van der Waals surface area contributed by atoms with Crippen molar-refractivity contribution in [2.75, 3.05) is 38.3 Å². The van der Waals surface area contributed by atoms with Gasteiger partial charge in [0.2, 0.25) is 5.69 Å². The van der Waals surface area contributed by atoms with Gasteiger partial charge < -0.3 is 20.3 Å². The number of likely N-dealkylation sites (N-methyl/N-ethyl adjacent to an activating group) is 1. The predicted octanol–water partition coefficient (Wildman–Crippen LogP) is 3.01. The fraction of sp³-hybridized carbons (Fsp3) is 0.300. The molecule has 0 radical (unpaired) electrons. The van der Waals surface area contributed by atoms with E-state index in [4.69, 9.17) is 4.74 Å². The van der Waals surface area contributed by atoms with Crippen molar-refractivity contribution in [2.45, 2.75) is 13.0 Å². The van der Waals surface area contributed by atoms with Gasteiger partial charge in [-0.05, 0) is 38.5 Å². The molecule has 0 spiro atoms. The van der Waals surface area contributed by atoms with Crippen LogP contribution in [0.3, 0.4) is 0 Å². The summed E-state index contributed by atoms with van der Waals surface area (Å²) in [5.41, 5.74) is 1.17. The fourth-order valence-electron chi connectivity index (χ4n) is 2.92. The highest BCUT2D eigenvalue weighted by Gasteiger charge is 2.14. The van der Waals surface area contributed by atoms with Gasteiger partial charge in [-0.3, -0.25) is 0 Å². The Kier molecular flexibility index (Phi) is 5.87. The Morgan fingerprint density at radius 3 is 2.75 bits per heavy atom. The van der Waals surface area contributed by atoms with Crippen LogP contribution in [0.2, 0.25) is 0 Å². The zero-order valence-corrected chi connectivity index (χ0v) is 16.4. The van der Waals surface area contributed by atoms with Crippen molar-refractivity contribution in [3.63, 3.8) is 0 Å². The fourth-order valence-corrected chi connectivity index (χ4v) is 2.92. The molecule has 1 atom stereocenters. The summed E-state index contributed by atoms with van der Waals surface area (Å²) in [6.45, 7) is 2.62. The molecule has 0 aliphatic heterocycles. The number of nitrogens with zero attached hydrogens (tertiary/aromatic N) is 5. The number of ether oxygens (including phenoxy) is 1. The molecule has 2 aromatic heterocycles. The van der Waals surface area contributed by atoms with Crippen molar-refractivity contribution in [1.82, 2.24) is 19.9 Å². The number of benzene rings is 1. The van der Waals surface area contributed by atoms with E-state index in [0.29, 0.717) is 18.2 Å². The first kappa shape index (κ1) is 19.3. The van der Waals surface area contributed by atoms with Gasteiger partial charge in [-0.1, -0.05) is 12.1 Å². The monoisotopic (exact) mass is 377 g/mol. The Labute approximate surface area is 164 Å². The summed E-state index contributed by atoms with van der Waals surface area (Å²) >= 11 is 0. The lowest BCUT2D eigenvalue weighted by Crippen LogP contribution is -2.28. The molecule has 8 nitrogen and oxygen atoms in total. The zero-order chi connectivity index (χ0) is 20.1. The van der Waals surface area contributed by atoms with Gasteiger partial charge in [-0.15, -0.1) is 0 Å². The van der Waals surface area contributed by atoms with Crippen molar-refractivity contribution in [2.24, 2.45) is 0 Å². The molecule has 3 rings (SSSR count). The van der Waals surface area contributed by atoms with Gasteiger partial charge in [-0.2, -0.15) is 10.2 Å². The normalized spacial score (nSPS) is 11.9. The molecule has 0 bridgehead atoms. The van der Waals surface area contributed by atoms with Gasteiger partial charge in [0.15, 0.2) is 5.82 Å². The van der Waals surface area contributed by atoms with Crippen molar-refractivity contribution in [3.8, 4) is 11.9 Å². The molecule has 3 aromatic rings. The van der Waals surface area contributed by atoms with E-state index in [-0.39, 0.29) is 17.7 Å². The maximum Gasteiger partial charge on any atom is 0.253 e. The molecule has 0 amide bonds. The van der Waals surface area contributed by atoms with Crippen LogP contribution in [0.25, 0.3) is 10.8 Å². The van der Waals surface area contributed by atoms with E-state index in [1.165, 1.54) is 6.20 Å². The largest absolute Gasteiger partial charge is 0.471 e. The van der Waals surface area contributed by atoms with Crippen LogP contribution in [0.5, 0.6) is 5.88 Å². The Morgan fingerprint density at radius 1 is 1.21 bits per heavy atom. The number of anilines is 3. The molecule has 0 saturated carbocycles. The van der Waals surface area contributed by atoms with Crippen LogP contribution in [0.15, 0.2) is 36.7 Å². The highest BCUT2D eigenvalue weighted by Crippen LogP contribution is 2.26. The Balaban J connectivity index is 1.85. The molecular weight excluding hydrogens is 354 g/mol. The predicted molar refractivity (Wildman–Crippen MR) is 110 cm³/mol. The van der Waals surface area contributed by atoms with Gasteiger partial charge in [-0.25, -0.2) is 9.97 Å². The van der Waals surface area contributed by atoms with Crippen LogP contribution in [-0.4, -0.2) is 53.6 Å². The quantitative estimate of drug-likeness (QED) is 0.648. The van der Waals surface area contributed by atoms with E-state index in [0.717, 1.165) is 16.5 Å². The van der Waals surface area contributed by atoms with Crippen LogP contribution < -0.4 is 15.4 Å². The van der Waals surface area contributed by atoms with Crippen molar-refractivity contribution in [3.05, 3.63) is 42.4 Å². The highest BCUT2D eigenvalue weighted by atomic mass is 16.5. The standard InChI is InChI=1S/C20H23N7O/c1-13(12-27(3)4)28-20-17(9-21)23-11-19(26-20)25-18-8-14-6-5-7-16(22-2)15(14)10-24-18/h5-8,10-11,13,22H,12H2,1-4H3,(H,24,25,26). The number of nitrogens with one attached hydrogen (secondary N) is 2. The maximum atomic E-state index is 9.28. The molecule has 2 heterocycles. The zero-order valence-electron chi connectivity index (χ0n) is 16.4. The number of rotatable bonds is 7. The number of fused-ring (bicyclic) bond motifs is 1. The summed E-state index contributed by atoms with van der Waals surface area (Å²) in [5, 5.41) is 17.6. The van der Waals surface area contributed by atoms with Gasteiger partial charge in [0, 0.05) is 30.9 Å². The summed E-state index contributed by atoms with van der Waals surface area (Å²) in [6.07, 6.45) is 3.17. The lowest BCUT2D eigenvalue weighted by Gasteiger charge is -2.18. The minimum atomic E-state index is -0.134. The van der Waals surface area contributed by atoms with Gasteiger partial charge in [0.1, 0.15) is 18.0 Å². The highest BCUT2D eigenvalue weighted by molar-refractivity contribution is 5.94. The minimum Gasteiger partial charge on any atom is -0.471 e. The molecular formula is C20H23N7O. The molecule has 0 aliphatic carbocycles. The first-order chi connectivity index (χ1) is 13.5. The van der Waals surface area contributed by atoms with E-state index >= 15 is 0 Å². The summed E-state index contributed by atoms with van der Waals surface area (Å²) in [7, 11) is 5.80. The Morgan fingerprint density at radius 2 is 2.04 bits per heavy atom. The van der Waals surface area contributed by atoms with Crippen molar-refractivity contribution >= 4 is 28.1 Å². The molecule has 8 heteroatoms. The van der Waals surface area contributed by atoms with Crippen molar-refractivity contribution < 1.29 is 4.74 Å². The second kappa shape index (κ2) is 8.50. The van der Waals surface area contributed by atoms with Crippen LogP contribution in [0.1, 0.15) is 12.6 Å². The SMILES string of the molecule is CNc1cccc2cc(Nc3cnc(C#N)c(OC(C)CN(C)C)n3)ncc12. The number of pyridine rings is 1. The van der Waals surface area contributed by atoms with E-state index < -0.39 is 0 Å². The average Bonchev–Trinajstić information content (AvgIpc) is 2.67. The molecule has 2 N–H and O–H groups in total. The lowest BCUT2D eigenvalue weighted by molar-refractivity contribution is 0.169. The molecule has 1 unspecified atom stereocenters. The van der Waals surface area contributed by atoms with Crippen molar-refractivity contribution in [1.29, 1.82) is 5.26 Å². The second-order valence-corrected chi connectivity index (χ2v) is 6.68. The smallest absolute Gasteiger partial charge is 0.253 e.